The molecule has 0 aromatic rings. The number of alkyl halides is 1. The van der Waals surface area contributed by atoms with E-state index >= 15 is 0 Å². The molecule has 0 saturated heterocycles. The summed E-state index contributed by atoms with van der Waals surface area (Å²) in [6.07, 6.45) is 2.24. The van der Waals surface area contributed by atoms with E-state index in [4.69, 9.17) is 11.6 Å². The van der Waals surface area contributed by atoms with Gasteiger partial charge in [0.15, 0.2) is 0 Å². The summed E-state index contributed by atoms with van der Waals surface area (Å²) < 4.78 is 0. The second-order valence-corrected chi connectivity index (χ2v) is 3.77. The molecule has 1 amide bonds. The second kappa shape index (κ2) is 5.75. The van der Waals surface area contributed by atoms with Gasteiger partial charge in [0.1, 0.15) is 12.0 Å². The van der Waals surface area contributed by atoms with Gasteiger partial charge in [-0.05, 0) is 25.7 Å². The number of nitrogens with zero attached hydrogens (tertiary/aromatic N) is 1. The molecule has 0 bridgehead atoms. The van der Waals surface area contributed by atoms with Gasteiger partial charge in [0.2, 0.25) is 5.91 Å². The fraction of sp³-hybridized carbons (Fsp3) is 0.875. The van der Waals surface area contributed by atoms with Crippen LogP contribution in [0.25, 0.3) is 0 Å². The Bertz CT molecular complexity index is 241. The Hall–Kier alpha value is -1.04. The average Bonchev–Trinajstić information content (AvgIpc) is 2.20. The third-order valence-corrected chi connectivity index (χ3v) is 2.64. The molecule has 1 aliphatic rings. The lowest BCUT2D eigenvalue weighted by Gasteiger charge is -2.27. The number of carbonyl (C=O) groups is 1. The van der Waals surface area contributed by atoms with Crippen molar-refractivity contribution in [2.24, 2.45) is 0 Å². The first kappa shape index (κ1) is 12.0. The molecule has 1 rings (SSSR count). The van der Waals surface area contributed by atoms with E-state index in [1.165, 1.54) is 0 Å². The van der Waals surface area contributed by atoms with Crippen LogP contribution in [0.15, 0.2) is 0 Å². The molecule has 1 N–H and O–H groups in total. The molecule has 7 heteroatoms. The van der Waals surface area contributed by atoms with E-state index in [2.05, 4.69) is 10.2 Å². The summed E-state index contributed by atoms with van der Waals surface area (Å²) in [6.45, 7) is 0. The molecule has 0 aromatic heterocycles. The SMILES string of the molecule is O=C(CCl)NC1CCC(O[N+](=O)[O-])CC1. The van der Waals surface area contributed by atoms with Gasteiger partial charge in [-0.25, -0.2) is 0 Å². The van der Waals surface area contributed by atoms with Gasteiger partial charge < -0.3 is 10.2 Å². The van der Waals surface area contributed by atoms with E-state index < -0.39 is 5.09 Å². The number of nitrogens with one attached hydrogen (secondary N) is 1. The van der Waals surface area contributed by atoms with Gasteiger partial charge in [-0.3, -0.25) is 4.79 Å². The van der Waals surface area contributed by atoms with E-state index in [-0.39, 0.29) is 23.9 Å². The zero-order valence-corrected chi connectivity index (χ0v) is 8.90. The van der Waals surface area contributed by atoms with Gasteiger partial charge >= 0.3 is 0 Å². The Morgan fingerprint density at radius 3 is 2.53 bits per heavy atom. The lowest BCUT2D eigenvalue weighted by Crippen LogP contribution is -2.39. The molecular weight excluding hydrogens is 224 g/mol. The van der Waals surface area contributed by atoms with Crippen molar-refractivity contribution in [2.45, 2.75) is 37.8 Å². The maximum Gasteiger partial charge on any atom is 0.294 e. The average molecular weight is 237 g/mol. The topological polar surface area (TPSA) is 81.5 Å². The molecule has 0 aliphatic heterocycles. The smallest absolute Gasteiger partial charge is 0.294 e. The minimum absolute atomic E-state index is 0.0503. The van der Waals surface area contributed by atoms with Crippen molar-refractivity contribution in [3.05, 3.63) is 10.1 Å². The molecule has 6 nitrogen and oxygen atoms in total. The number of carbonyl (C=O) groups excluding carboxylic acids is 1. The number of rotatable bonds is 4. The summed E-state index contributed by atoms with van der Waals surface area (Å²) >= 11 is 5.34. The molecule has 1 fully saturated rings. The van der Waals surface area contributed by atoms with Gasteiger partial charge in [0, 0.05) is 6.04 Å². The Kier molecular flexibility index (Phi) is 4.61. The molecule has 0 aromatic carbocycles. The molecule has 0 radical (unpaired) electrons. The van der Waals surface area contributed by atoms with E-state index in [0.717, 1.165) is 0 Å². The lowest BCUT2D eigenvalue weighted by molar-refractivity contribution is -0.769. The first-order valence-corrected chi connectivity index (χ1v) is 5.31. The number of halogens is 1. The first-order chi connectivity index (χ1) is 7.11. The van der Waals surface area contributed by atoms with Crippen molar-refractivity contribution < 1.29 is 14.7 Å². The van der Waals surface area contributed by atoms with Crippen molar-refractivity contribution in [3.8, 4) is 0 Å². The Balaban J connectivity index is 2.23. The van der Waals surface area contributed by atoms with Crippen molar-refractivity contribution in [1.29, 1.82) is 0 Å². The van der Waals surface area contributed by atoms with Crippen LogP contribution in [-0.2, 0) is 9.63 Å². The molecule has 1 aliphatic carbocycles. The van der Waals surface area contributed by atoms with Gasteiger partial charge in [-0.1, -0.05) is 0 Å². The van der Waals surface area contributed by atoms with Gasteiger partial charge in [0.25, 0.3) is 5.09 Å². The van der Waals surface area contributed by atoms with Crippen LogP contribution >= 0.6 is 11.6 Å². The highest BCUT2D eigenvalue weighted by molar-refractivity contribution is 6.27. The summed E-state index contributed by atoms with van der Waals surface area (Å²) in [5.41, 5.74) is 0. The number of hydrogen-bond acceptors (Lipinski definition) is 4. The zero-order valence-electron chi connectivity index (χ0n) is 8.15. The van der Waals surface area contributed by atoms with Gasteiger partial charge in [-0.15, -0.1) is 21.7 Å². The predicted octanol–water partition coefficient (Wildman–Crippen LogP) is 0.861. The summed E-state index contributed by atoms with van der Waals surface area (Å²) in [7, 11) is 0. The number of hydrogen-bond donors (Lipinski definition) is 1. The highest BCUT2D eigenvalue weighted by atomic mass is 35.5. The Morgan fingerprint density at radius 1 is 1.47 bits per heavy atom. The molecule has 0 atom stereocenters. The standard InChI is InChI=1S/C8H13ClN2O4/c9-5-8(12)10-6-1-3-7(4-2-6)15-11(13)14/h6-7H,1-5H2,(H,10,12). The quantitative estimate of drug-likeness (QED) is 0.446. The number of amides is 1. The fourth-order valence-electron chi connectivity index (χ4n) is 1.70. The Labute approximate surface area is 92.0 Å². The third kappa shape index (κ3) is 4.33. The van der Waals surface area contributed by atoms with Crippen molar-refractivity contribution in [3.63, 3.8) is 0 Å². The van der Waals surface area contributed by atoms with E-state index in [1.807, 2.05) is 0 Å². The Morgan fingerprint density at radius 2 is 2.07 bits per heavy atom. The predicted molar refractivity (Wildman–Crippen MR) is 53.0 cm³/mol. The summed E-state index contributed by atoms with van der Waals surface area (Å²) in [6, 6.07) is 0.0721. The maximum atomic E-state index is 11.0. The van der Waals surface area contributed by atoms with Crippen LogP contribution in [0.2, 0.25) is 0 Å². The van der Waals surface area contributed by atoms with Crippen molar-refractivity contribution >= 4 is 17.5 Å². The zero-order chi connectivity index (χ0) is 11.3. The minimum atomic E-state index is -0.762. The molecule has 86 valence electrons. The first-order valence-electron chi connectivity index (χ1n) is 4.78. The van der Waals surface area contributed by atoms with Crippen LogP contribution in [0.1, 0.15) is 25.7 Å². The van der Waals surface area contributed by atoms with E-state index in [9.17, 15) is 14.9 Å². The van der Waals surface area contributed by atoms with Crippen LogP contribution in [0, 0.1) is 10.1 Å². The normalized spacial score (nSPS) is 25.7. The van der Waals surface area contributed by atoms with E-state index in [0.29, 0.717) is 25.7 Å². The van der Waals surface area contributed by atoms with Gasteiger partial charge in [-0.2, -0.15) is 0 Å². The molecular formula is C8H13ClN2O4. The maximum absolute atomic E-state index is 11.0. The van der Waals surface area contributed by atoms with Crippen LogP contribution in [0.4, 0.5) is 0 Å². The molecule has 0 unspecified atom stereocenters. The lowest BCUT2D eigenvalue weighted by atomic mass is 9.93. The monoisotopic (exact) mass is 236 g/mol. The van der Waals surface area contributed by atoms with Crippen molar-refractivity contribution in [2.75, 3.05) is 5.88 Å². The molecule has 0 heterocycles. The summed E-state index contributed by atoms with van der Waals surface area (Å²) in [5, 5.41) is 12.1. The van der Waals surface area contributed by atoms with Gasteiger partial charge in [0.05, 0.1) is 0 Å². The van der Waals surface area contributed by atoms with Crippen LogP contribution < -0.4 is 5.32 Å². The second-order valence-electron chi connectivity index (χ2n) is 3.50. The molecule has 1 saturated carbocycles. The fourth-order valence-corrected chi connectivity index (χ4v) is 1.78. The summed E-state index contributed by atoms with van der Waals surface area (Å²) in [5.74, 6) is -0.249. The van der Waals surface area contributed by atoms with Crippen molar-refractivity contribution in [1.82, 2.24) is 5.32 Å². The van der Waals surface area contributed by atoms with E-state index in [1.54, 1.807) is 0 Å². The van der Waals surface area contributed by atoms with Crippen LogP contribution in [-0.4, -0.2) is 29.0 Å². The molecule has 15 heavy (non-hydrogen) atoms. The third-order valence-electron chi connectivity index (χ3n) is 2.40. The van der Waals surface area contributed by atoms with Crippen LogP contribution in [0.3, 0.4) is 0 Å². The largest absolute Gasteiger partial charge is 0.352 e. The summed E-state index contributed by atoms with van der Waals surface area (Å²) in [4.78, 5) is 25.5. The molecule has 0 spiro atoms. The highest BCUT2D eigenvalue weighted by Crippen LogP contribution is 2.21. The van der Waals surface area contributed by atoms with Crippen LogP contribution in [0.5, 0.6) is 0 Å². The minimum Gasteiger partial charge on any atom is -0.352 e. The highest BCUT2D eigenvalue weighted by Gasteiger charge is 2.24.